The van der Waals surface area contributed by atoms with E-state index in [1.54, 1.807) is 67.4 Å². The summed E-state index contributed by atoms with van der Waals surface area (Å²) in [5, 5.41) is 53.3. The van der Waals surface area contributed by atoms with Gasteiger partial charge in [-0.2, -0.15) is 10.2 Å². The van der Waals surface area contributed by atoms with Crippen LogP contribution in [0.4, 0.5) is 58.2 Å². The Balaban J connectivity index is 0.000000147. The number of nitrogens with zero attached hydrogens (tertiary/aromatic N) is 19. The van der Waals surface area contributed by atoms with Gasteiger partial charge in [-0.3, -0.25) is 39.2 Å². The predicted molar refractivity (Wildman–Crippen MR) is 563 cm³/mol. The van der Waals surface area contributed by atoms with E-state index in [1.165, 1.54) is 99.3 Å². The average Bonchev–Trinajstić information content (AvgIpc) is 1.63. The molecule has 15 aromatic rings. The van der Waals surface area contributed by atoms with Gasteiger partial charge < -0.3 is 45.9 Å². The molecule has 0 amide bonds. The highest BCUT2D eigenvalue weighted by Crippen LogP contribution is 2.45. The Morgan fingerprint density at radius 1 is 0.408 bits per heavy atom. The summed E-state index contributed by atoms with van der Waals surface area (Å²) >= 11 is 4.42. The lowest BCUT2D eigenvalue weighted by Gasteiger charge is -2.09. The number of halogens is 2. The smallest absolute Gasteiger partial charge is 0.330 e. The molecule has 8 N–H and O–H groups in total. The Bertz CT molecular complexity index is 6960. The van der Waals surface area contributed by atoms with E-state index < -0.39 is 5.97 Å². The summed E-state index contributed by atoms with van der Waals surface area (Å²) in [5.41, 5.74) is 11.6. The van der Waals surface area contributed by atoms with Gasteiger partial charge in [0.15, 0.2) is 58.2 Å². The quantitative estimate of drug-likeness (QED) is 0.00709. The molecule has 5 saturated carbocycles. The average molecular weight is 2140 g/mol. The second-order valence-corrected chi connectivity index (χ2v) is 35.1. The van der Waals surface area contributed by atoms with Crippen LogP contribution in [0.15, 0.2) is 238 Å². The number of benzene rings is 4. The van der Waals surface area contributed by atoms with Crippen LogP contribution in [0.25, 0.3) is 75.3 Å². The number of aromatic nitrogens is 21. The number of methoxy groups -OCH3 is 1. The van der Waals surface area contributed by atoms with E-state index >= 15 is 0 Å². The maximum absolute atomic E-state index is 12.0. The maximum atomic E-state index is 12.0. The van der Waals surface area contributed by atoms with Crippen LogP contribution >= 0.6 is 45.2 Å². The molecule has 0 radical (unpaired) electrons. The van der Waals surface area contributed by atoms with Gasteiger partial charge in [-0.15, -0.1) is 15.3 Å². The molecular weight excluding hydrogens is 2030 g/mol. The van der Waals surface area contributed by atoms with Crippen LogP contribution in [-0.2, 0) is 28.6 Å². The topological polar surface area (TPSA) is 463 Å². The second-order valence-electron chi connectivity index (χ2n) is 32.8. The highest BCUT2D eigenvalue weighted by atomic mass is 127. The van der Waals surface area contributed by atoms with Crippen LogP contribution in [0.3, 0.4) is 0 Å². The maximum Gasteiger partial charge on any atom is 0.330 e. The van der Waals surface area contributed by atoms with E-state index in [0.29, 0.717) is 123 Å². The van der Waals surface area contributed by atoms with Gasteiger partial charge >= 0.3 is 17.9 Å². The van der Waals surface area contributed by atoms with Gasteiger partial charge in [0.1, 0.15) is 48.0 Å². The molecule has 142 heavy (non-hydrogen) atoms. The van der Waals surface area contributed by atoms with Crippen molar-refractivity contribution in [3.8, 4) is 57.1 Å². The number of aliphatic hydroxyl groups excluding tert-OH is 1. The molecule has 4 aromatic carbocycles. The largest absolute Gasteiger partial charge is 0.466 e. The summed E-state index contributed by atoms with van der Waals surface area (Å²) in [6.45, 7) is 11.0. The predicted octanol–water partition coefficient (Wildman–Crippen LogP) is 21.2. The minimum Gasteiger partial charge on any atom is -0.466 e. The van der Waals surface area contributed by atoms with Crippen molar-refractivity contribution in [2.75, 3.05) is 53.5 Å². The van der Waals surface area contributed by atoms with E-state index in [4.69, 9.17) is 9.84 Å². The first kappa shape index (κ1) is 104. The monoisotopic (exact) mass is 2130 g/mol. The van der Waals surface area contributed by atoms with Crippen molar-refractivity contribution in [3.05, 3.63) is 290 Å². The number of hydrogen-bond donors (Lipinski definition) is 8. The van der Waals surface area contributed by atoms with Crippen LogP contribution < -0.4 is 26.6 Å². The zero-order valence-electron chi connectivity index (χ0n) is 77.3. The van der Waals surface area contributed by atoms with E-state index in [9.17, 15) is 28.8 Å². The molecule has 11 aromatic heterocycles. The number of pyridine rings is 1. The molecule has 20 rings (SSSR count). The summed E-state index contributed by atoms with van der Waals surface area (Å²) in [7, 11) is 1.31. The molecule has 0 spiro atoms. The van der Waals surface area contributed by atoms with Crippen molar-refractivity contribution in [3.63, 3.8) is 0 Å². The number of H-pyrrole nitrogens is 2. The fraction of sp³-hybridized carbons (Fsp3) is 0.250. The number of nitrogens with one attached hydrogen (secondary N) is 7. The molecule has 0 saturated heterocycles. The summed E-state index contributed by atoms with van der Waals surface area (Å²) in [6.07, 6.45) is 33.0. The van der Waals surface area contributed by atoms with Gasteiger partial charge in [-0.05, 0) is 134 Å². The zero-order valence-corrected chi connectivity index (χ0v) is 81.6. The van der Waals surface area contributed by atoms with E-state index in [2.05, 4.69) is 184 Å². The Labute approximate surface area is 847 Å². The van der Waals surface area contributed by atoms with E-state index in [1.807, 2.05) is 164 Å². The van der Waals surface area contributed by atoms with Crippen LogP contribution in [0, 0.1) is 7.14 Å². The Morgan fingerprint density at radius 2 is 0.739 bits per heavy atom. The fourth-order valence-corrected chi connectivity index (χ4v) is 14.7. The molecule has 728 valence electrons. The molecule has 5 fully saturated rings. The minimum absolute atomic E-state index is 0. The molecule has 0 unspecified atom stereocenters. The lowest BCUT2D eigenvalue weighted by atomic mass is 10.2. The van der Waals surface area contributed by atoms with Gasteiger partial charge in [-0.1, -0.05) is 173 Å². The fourth-order valence-electron chi connectivity index (χ4n) is 13.9. The van der Waals surface area contributed by atoms with E-state index in [0.717, 1.165) is 114 Å². The number of rotatable bonds is 29. The second kappa shape index (κ2) is 50.2. The number of esters is 3. The van der Waals surface area contributed by atoms with Crippen LogP contribution in [0.1, 0.15) is 203 Å². The van der Waals surface area contributed by atoms with Crippen LogP contribution in [0.2, 0.25) is 0 Å². The first-order valence-corrected chi connectivity index (χ1v) is 47.4. The van der Waals surface area contributed by atoms with Gasteiger partial charge in [0.25, 0.3) is 0 Å². The summed E-state index contributed by atoms with van der Waals surface area (Å²) in [4.78, 5) is 118. The number of hydrogen-bond acceptors (Lipinski definition) is 31. The first-order chi connectivity index (χ1) is 68.1. The number of anilines is 10. The molecule has 5 aliphatic carbocycles. The summed E-state index contributed by atoms with van der Waals surface area (Å²) in [5.74, 6) is 10.3. The van der Waals surface area contributed by atoms with Crippen molar-refractivity contribution in [2.24, 2.45) is 0 Å². The molecule has 0 atom stereocenters. The molecule has 5 aliphatic rings. The minimum atomic E-state index is -0.494. The Kier molecular flexibility index (Phi) is 36.7. The van der Waals surface area contributed by atoms with Gasteiger partial charge in [0, 0.05) is 188 Å². The van der Waals surface area contributed by atoms with Gasteiger partial charge in [0.2, 0.25) is 17.7 Å². The number of aliphatic hydroxyl groups is 1. The molecule has 38 heteroatoms. The van der Waals surface area contributed by atoms with Gasteiger partial charge in [-0.25, -0.2) is 68.7 Å². The Hall–Kier alpha value is -15.7. The molecule has 0 aliphatic heterocycles. The van der Waals surface area contributed by atoms with Crippen molar-refractivity contribution >= 4 is 157 Å². The van der Waals surface area contributed by atoms with E-state index in [-0.39, 0.29) is 57.7 Å². The Morgan fingerprint density at radius 3 is 1.08 bits per heavy atom. The number of carbonyl (C=O) groups excluding carboxylic acids is 6. The molecule has 36 nitrogen and oxygen atoms in total. The van der Waals surface area contributed by atoms with Gasteiger partial charge in [0.05, 0.1) is 37.9 Å². The highest BCUT2D eigenvalue weighted by Gasteiger charge is 2.34. The van der Waals surface area contributed by atoms with Crippen molar-refractivity contribution < 1.29 is 48.1 Å². The molecular formula is C104H108I2N26O10. The number of ether oxygens (including phenoxy) is 3. The molecule has 11 heterocycles. The third kappa shape index (κ3) is 29.7. The lowest BCUT2D eigenvalue weighted by Crippen LogP contribution is -2.11. The zero-order chi connectivity index (χ0) is 98.0. The van der Waals surface area contributed by atoms with Crippen LogP contribution in [0.5, 0.6) is 0 Å². The summed E-state index contributed by atoms with van der Waals surface area (Å²) in [6, 6.07) is 54.5. The van der Waals surface area contributed by atoms with Crippen molar-refractivity contribution in [1.29, 1.82) is 0 Å². The third-order valence-electron chi connectivity index (χ3n) is 21.6. The van der Waals surface area contributed by atoms with Crippen LogP contribution in [-0.4, -0.2) is 172 Å². The number of carbonyl (C=O) groups is 6. The lowest BCUT2D eigenvalue weighted by molar-refractivity contribution is -0.140. The number of aromatic amines is 2. The SMILES string of the molecule is C.C.C=CCOC(C)=O.CC(=O)OC/C=C/c1cnc(-c2ccccc2)nc1Nc1cc(C2CC2)n(C(C)=O)n1.CC(=O)n1nc(Nc2nc(-c3ccccc3)ncc2I)cc1C1CC1.COC(=O)/C=C/c1cnc(-c2ccccn2)nc1Nc1cc(C2CC2)n(C(C)=O)n1.Ic1cnc(-c2ccccc2)nc1Nc1cc(C2CC2)[nH]n1.OC/C=C/c1cnc(-c2ccccc2)nc1Nc1cc(C2CC2)[nH]n1. The highest BCUT2D eigenvalue weighted by molar-refractivity contribution is 14.1. The molecule has 0 bridgehead atoms. The standard InChI is InChI=1S/C23H23N5O3.C21H20N6O3.C19H19N5O.C18H16IN5O.C16H14IN5.C5H8O2.2CH4/c1-15(29)28-20(17-10-11-17)13-21(27-28)25-23-19(9-6-12-31-16(2)30)14-24-22(26-23)18-7-4-3-5-8-18;1-13(28)27-17(14-6-7-14)11-18(26-27)24-20-15(8-9-19(29)30-2)12-23-21(25-20)16-5-3-4-10-22-16;25-10-4-7-15-12-20-18(14-5-2-1-3-6-14)22-19(15)21-17-11-16(23-24-17)13-8-9-13;1-11(25)24-15(12-7-8-12)9-16(23-24)21-18-14(19)10-20-17(22-18)13-5-3-2-4-6-13;17-12-9-18-15(11-4-2-1-3-5-11)20-16(12)19-14-8-13(21-22-14)10-6-7-10;1-3-4-7-5(2)6;;/h3-9,13-14,17H,10-12H2,1-2H3,(H,24,25,26,27);3-5,8-12,14H,6-7H2,1-2H3,(H,23,24,25,26);1-7,11-13,25H,8-10H2,(H2,20,21,22,23,24);2-6,9-10,12H,7-8H2,1H3,(H,20,21,22,23);1-5,8-10H,6-7H2,(H2,18,19,20,21,22);3H,1,4H2,2H3;2*1H4/b9-6+;9-8+;7-4+;;;;;. The normalized spacial score (nSPS) is 13.2. The first-order valence-electron chi connectivity index (χ1n) is 45.2. The third-order valence-corrected chi connectivity index (χ3v) is 23.2. The van der Waals surface area contributed by atoms with Crippen molar-refractivity contribution in [1.82, 2.24) is 105 Å². The van der Waals surface area contributed by atoms with Crippen molar-refractivity contribution in [2.45, 2.75) is 143 Å². The summed E-state index contributed by atoms with van der Waals surface area (Å²) < 4.78 is 20.3.